The molecule has 11 heavy (non-hydrogen) atoms. The number of carbonyl (C=O) groups is 1. The number of halogens is 3. The molecule has 0 radical (unpaired) electrons. The standard InChI is InChI=1S/C5H8F3NO2/c1-2(5(6,7)8)3(9)4(10)11/h2-3H,9H2,1H3,(H,10,11)/t2-,3?/m0/s1. The third kappa shape index (κ3) is 2.75. The van der Waals surface area contributed by atoms with Crippen molar-refractivity contribution in [1.82, 2.24) is 0 Å². The van der Waals surface area contributed by atoms with E-state index in [2.05, 4.69) is 0 Å². The minimum Gasteiger partial charge on any atom is -0.480 e. The smallest absolute Gasteiger partial charge is 0.393 e. The Balaban J connectivity index is 4.25. The number of carboxylic acids is 1. The summed E-state index contributed by atoms with van der Waals surface area (Å²) in [6, 6.07) is -1.88. The van der Waals surface area contributed by atoms with Crippen LogP contribution in [-0.2, 0) is 4.79 Å². The second-order valence-corrected chi connectivity index (χ2v) is 2.19. The normalized spacial score (nSPS) is 17.5. The minimum atomic E-state index is -4.54. The first kappa shape index (κ1) is 10.2. The molecule has 2 atom stereocenters. The summed E-state index contributed by atoms with van der Waals surface area (Å²) >= 11 is 0. The molecule has 0 aliphatic heterocycles. The molecule has 3 nitrogen and oxygen atoms in total. The maximum atomic E-state index is 11.7. The lowest BCUT2D eigenvalue weighted by Gasteiger charge is -2.18. The second-order valence-electron chi connectivity index (χ2n) is 2.19. The molecular formula is C5H8F3NO2. The van der Waals surface area contributed by atoms with Crippen LogP contribution in [0.25, 0.3) is 0 Å². The first-order valence-electron chi connectivity index (χ1n) is 2.82. The van der Waals surface area contributed by atoms with Gasteiger partial charge in [-0.1, -0.05) is 6.92 Å². The lowest BCUT2D eigenvalue weighted by Crippen LogP contribution is -2.43. The van der Waals surface area contributed by atoms with Crippen molar-refractivity contribution in [1.29, 1.82) is 0 Å². The van der Waals surface area contributed by atoms with Gasteiger partial charge in [0.15, 0.2) is 0 Å². The van der Waals surface area contributed by atoms with Crippen LogP contribution in [0, 0.1) is 5.92 Å². The number of alkyl halides is 3. The maximum Gasteiger partial charge on any atom is 0.393 e. The van der Waals surface area contributed by atoms with E-state index in [1.807, 2.05) is 0 Å². The highest BCUT2D eigenvalue weighted by Crippen LogP contribution is 2.27. The predicted octanol–water partition coefficient (Wildman–Crippen LogP) is 0.597. The Morgan fingerprint density at radius 3 is 2.00 bits per heavy atom. The highest BCUT2D eigenvalue weighted by Gasteiger charge is 2.42. The van der Waals surface area contributed by atoms with Crippen LogP contribution in [0.3, 0.4) is 0 Å². The molecule has 0 saturated heterocycles. The van der Waals surface area contributed by atoms with Gasteiger partial charge in [-0.2, -0.15) is 13.2 Å². The van der Waals surface area contributed by atoms with Crippen molar-refractivity contribution in [2.45, 2.75) is 19.1 Å². The van der Waals surface area contributed by atoms with E-state index in [9.17, 15) is 18.0 Å². The molecule has 6 heteroatoms. The van der Waals surface area contributed by atoms with Gasteiger partial charge in [0, 0.05) is 0 Å². The third-order valence-corrected chi connectivity index (χ3v) is 1.34. The Labute approximate surface area is 61.0 Å². The molecule has 66 valence electrons. The van der Waals surface area contributed by atoms with Crippen LogP contribution in [0.4, 0.5) is 13.2 Å². The Hall–Kier alpha value is -0.780. The summed E-state index contributed by atoms with van der Waals surface area (Å²) in [7, 11) is 0. The zero-order valence-corrected chi connectivity index (χ0v) is 5.72. The van der Waals surface area contributed by atoms with Gasteiger partial charge in [0.1, 0.15) is 6.04 Å². The monoisotopic (exact) mass is 171 g/mol. The molecule has 0 saturated carbocycles. The number of hydrogen-bond donors (Lipinski definition) is 2. The number of nitrogens with two attached hydrogens (primary N) is 1. The van der Waals surface area contributed by atoms with Crippen LogP contribution in [0.2, 0.25) is 0 Å². The third-order valence-electron chi connectivity index (χ3n) is 1.34. The van der Waals surface area contributed by atoms with Crippen molar-refractivity contribution in [3.63, 3.8) is 0 Å². The molecule has 0 aromatic carbocycles. The molecule has 0 bridgehead atoms. The number of aliphatic carboxylic acids is 1. The van der Waals surface area contributed by atoms with Crippen molar-refractivity contribution < 1.29 is 23.1 Å². The van der Waals surface area contributed by atoms with E-state index in [0.717, 1.165) is 6.92 Å². The summed E-state index contributed by atoms with van der Waals surface area (Å²) in [5.41, 5.74) is 4.73. The van der Waals surface area contributed by atoms with E-state index in [1.165, 1.54) is 0 Å². The molecule has 0 aliphatic carbocycles. The quantitative estimate of drug-likeness (QED) is 0.639. The van der Waals surface area contributed by atoms with Gasteiger partial charge in [0.05, 0.1) is 5.92 Å². The van der Waals surface area contributed by atoms with Gasteiger partial charge < -0.3 is 10.8 Å². The fourth-order valence-electron chi connectivity index (χ4n) is 0.417. The van der Waals surface area contributed by atoms with E-state index in [1.54, 1.807) is 0 Å². The van der Waals surface area contributed by atoms with Crippen LogP contribution in [-0.4, -0.2) is 23.3 Å². The van der Waals surface area contributed by atoms with E-state index >= 15 is 0 Å². The highest BCUT2D eigenvalue weighted by atomic mass is 19.4. The first-order chi connectivity index (χ1) is 4.76. The van der Waals surface area contributed by atoms with Crippen LogP contribution in [0.1, 0.15) is 6.92 Å². The van der Waals surface area contributed by atoms with Crippen LogP contribution in [0.15, 0.2) is 0 Å². The van der Waals surface area contributed by atoms with Crippen LogP contribution < -0.4 is 5.73 Å². The topological polar surface area (TPSA) is 63.3 Å². The fraction of sp³-hybridized carbons (Fsp3) is 0.800. The summed E-state index contributed by atoms with van der Waals surface area (Å²) in [6.45, 7) is 0.735. The zero-order chi connectivity index (χ0) is 9.23. The van der Waals surface area contributed by atoms with E-state index in [-0.39, 0.29) is 0 Å². The minimum absolute atomic E-state index is 0.735. The zero-order valence-electron chi connectivity index (χ0n) is 5.72. The molecule has 0 amide bonds. The number of rotatable bonds is 2. The largest absolute Gasteiger partial charge is 0.480 e. The van der Waals surface area contributed by atoms with Gasteiger partial charge in [-0.05, 0) is 0 Å². The van der Waals surface area contributed by atoms with E-state index in [0.29, 0.717) is 0 Å². The Kier molecular flexibility index (Phi) is 2.86. The second kappa shape index (κ2) is 3.08. The molecule has 1 unspecified atom stereocenters. The van der Waals surface area contributed by atoms with Crippen molar-refractivity contribution in [3.8, 4) is 0 Å². The van der Waals surface area contributed by atoms with Crippen LogP contribution >= 0.6 is 0 Å². The van der Waals surface area contributed by atoms with E-state index < -0.39 is 24.1 Å². The van der Waals surface area contributed by atoms with Gasteiger partial charge in [0.2, 0.25) is 0 Å². The van der Waals surface area contributed by atoms with Gasteiger partial charge in [-0.25, -0.2) is 0 Å². The lowest BCUT2D eigenvalue weighted by atomic mass is 10.0. The van der Waals surface area contributed by atoms with Crippen molar-refractivity contribution in [2.24, 2.45) is 11.7 Å². The summed E-state index contributed by atoms with van der Waals surface area (Å²) in [5, 5.41) is 8.09. The molecule has 0 heterocycles. The summed E-state index contributed by atoms with van der Waals surface area (Å²) in [4.78, 5) is 9.96. The Bertz CT molecular complexity index is 156. The fourth-order valence-corrected chi connectivity index (χ4v) is 0.417. The van der Waals surface area contributed by atoms with Crippen molar-refractivity contribution >= 4 is 5.97 Å². The molecule has 0 fully saturated rings. The first-order valence-corrected chi connectivity index (χ1v) is 2.82. The highest BCUT2D eigenvalue weighted by molar-refractivity contribution is 5.73. The summed E-state index contributed by atoms with van der Waals surface area (Å²) in [6.07, 6.45) is -4.54. The lowest BCUT2D eigenvalue weighted by molar-refractivity contribution is -0.182. The van der Waals surface area contributed by atoms with Gasteiger partial charge in [0.25, 0.3) is 0 Å². The molecule has 0 aliphatic rings. The Morgan fingerprint density at radius 1 is 1.55 bits per heavy atom. The molecule has 0 aromatic rings. The Morgan fingerprint density at radius 2 is 1.91 bits per heavy atom. The summed E-state index contributed by atoms with van der Waals surface area (Å²) in [5.74, 6) is -3.66. The average Bonchev–Trinajstić information content (AvgIpc) is 1.82. The number of carboxylic acid groups (broad SMARTS) is 1. The van der Waals surface area contributed by atoms with Crippen molar-refractivity contribution in [2.75, 3.05) is 0 Å². The average molecular weight is 171 g/mol. The van der Waals surface area contributed by atoms with Crippen LogP contribution in [0.5, 0.6) is 0 Å². The number of hydrogen-bond acceptors (Lipinski definition) is 2. The van der Waals surface area contributed by atoms with Gasteiger partial charge in [-0.3, -0.25) is 4.79 Å². The summed E-state index contributed by atoms with van der Waals surface area (Å²) < 4.78 is 35.1. The maximum absolute atomic E-state index is 11.7. The predicted molar refractivity (Wildman–Crippen MR) is 30.8 cm³/mol. The SMILES string of the molecule is C[C@@H](C(N)C(=O)O)C(F)(F)F. The van der Waals surface area contributed by atoms with Gasteiger partial charge >= 0.3 is 12.1 Å². The van der Waals surface area contributed by atoms with Gasteiger partial charge in [-0.15, -0.1) is 0 Å². The molecule has 0 spiro atoms. The van der Waals surface area contributed by atoms with Crippen molar-refractivity contribution in [3.05, 3.63) is 0 Å². The molecule has 0 rings (SSSR count). The van der Waals surface area contributed by atoms with E-state index in [4.69, 9.17) is 10.8 Å². The molecular weight excluding hydrogens is 163 g/mol. The molecule has 0 aromatic heterocycles. The molecule has 3 N–H and O–H groups in total.